The average Bonchev–Trinajstić information content (AvgIpc) is 2.41. The van der Waals surface area contributed by atoms with E-state index >= 15 is 0 Å². The van der Waals surface area contributed by atoms with Gasteiger partial charge in [0.25, 0.3) is 0 Å². The highest BCUT2D eigenvalue weighted by Crippen LogP contribution is 2.17. The van der Waals surface area contributed by atoms with Crippen LogP contribution in [0.5, 0.6) is 0 Å². The van der Waals surface area contributed by atoms with E-state index in [4.69, 9.17) is 5.11 Å². The van der Waals surface area contributed by atoms with Crippen LogP contribution in [0.15, 0.2) is 0 Å². The Labute approximate surface area is 112 Å². The van der Waals surface area contributed by atoms with Gasteiger partial charge in [-0.25, -0.2) is 0 Å². The van der Waals surface area contributed by atoms with Crippen molar-refractivity contribution < 1.29 is 19.5 Å². The van der Waals surface area contributed by atoms with Gasteiger partial charge in [0.2, 0.25) is 11.8 Å². The molecule has 0 saturated carbocycles. The third kappa shape index (κ3) is 7.40. The molecule has 1 rings (SSSR count). The molecule has 0 aromatic heterocycles. The van der Waals surface area contributed by atoms with Crippen LogP contribution >= 0.6 is 0 Å². The molecule has 1 aliphatic heterocycles. The monoisotopic (exact) mass is 271 g/mol. The number of carbonyl (C=O) groups is 3. The van der Waals surface area contributed by atoms with Crippen molar-refractivity contribution in [2.24, 2.45) is 5.92 Å². The van der Waals surface area contributed by atoms with Crippen molar-refractivity contribution in [3.8, 4) is 0 Å². The number of hydrogen-bond acceptors (Lipinski definition) is 4. The first-order valence-electron chi connectivity index (χ1n) is 6.54. The Morgan fingerprint density at radius 1 is 1.05 bits per heavy atom. The molecular weight excluding hydrogens is 250 g/mol. The van der Waals surface area contributed by atoms with Gasteiger partial charge in [0.15, 0.2) is 0 Å². The van der Waals surface area contributed by atoms with E-state index in [1.54, 1.807) is 0 Å². The third-order valence-corrected chi connectivity index (χ3v) is 3.12. The zero-order valence-corrected chi connectivity index (χ0v) is 10.9. The molecule has 1 heterocycles. The molecule has 0 bridgehead atoms. The van der Waals surface area contributed by atoms with Crippen LogP contribution in [0.1, 0.15) is 25.7 Å². The van der Waals surface area contributed by atoms with E-state index in [1.165, 1.54) is 0 Å². The first-order valence-corrected chi connectivity index (χ1v) is 6.54. The summed E-state index contributed by atoms with van der Waals surface area (Å²) in [6, 6.07) is 0. The van der Waals surface area contributed by atoms with Crippen LogP contribution in [0.4, 0.5) is 0 Å². The Bertz CT molecular complexity index is 327. The number of piperidine rings is 1. The van der Waals surface area contributed by atoms with Gasteiger partial charge < -0.3 is 21.1 Å². The molecule has 0 aromatic rings. The van der Waals surface area contributed by atoms with E-state index in [0.717, 1.165) is 32.4 Å². The molecule has 0 spiro atoms. The zero-order chi connectivity index (χ0) is 14.1. The molecule has 0 radical (unpaired) electrons. The lowest BCUT2D eigenvalue weighted by Crippen LogP contribution is -2.39. The number of amides is 2. The summed E-state index contributed by atoms with van der Waals surface area (Å²) in [5.41, 5.74) is 0. The molecular formula is C12H21N3O4. The molecule has 0 aromatic carbocycles. The van der Waals surface area contributed by atoms with Gasteiger partial charge in [-0.05, 0) is 38.3 Å². The SMILES string of the molecule is O=C(O)CNC(=O)CNC(=O)CCC1CCNCC1. The lowest BCUT2D eigenvalue weighted by molar-refractivity contribution is -0.137. The fourth-order valence-corrected chi connectivity index (χ4v) is 2.01. The summed E-state index contributed by atoms with van der Waals surface area (Å²) < 4.78 is 0. The van der Waals surface area contributed by atoms with E-state index in [2.05, 4.69) is 16.0 Å². The predicted octanol–water partition coefficient (Wildman–Crippen LogP) is -0.917. The summed E-state index contributed by atoms with van der Waals surface area (Å²) >= 11 is 0. The van der Waals surface area contributed by atoms with Gasteiger partial charge in [-0.2, -0.15) is 0 Å². The minimum absolute atomic E-state index is 0.163. The number of aliphatic carboxylic acids is 1. The second kappa shape index (κ2) is 8.47. The van der Waals surface area contributed by atoms with Crippen LogP contribution in [0.3, 0.4) is 0 Å². The Hall–Kier alpha value is -1.63. The zero-order valence-electron chi connectivity index (χ0n) is 10.9. The second-order valence-electron chi connectivity index (χ2n) is 4.68. The van der Waals surface area contributed by atoms with E-state index < -0.39 is 18.4 Å². The number of carboxylic acids is 1. The molecule has 7 nitrogen and oxygen atoms in total. The highest BCUT2D eigenvalue weighted by molar-refractivity contribution is 5.86. The van der Waals surface area contributed by atoms with Gasteiger partial charge in [-0.1, -0.05) is 0 Å². The Kier molecular flexibility index (Phi) is 6.88. The average molecular weight is 271 g/mol. The van der Waals surface area contributed by atoms with E-state index in [0.29, 0.717) is 12.3 Å². The number of rotatable bonds is 7. The van der Waals surface area contributed by atoms with Crippen molar-refractivity contribution in [2.75, 3.05) is 26.2 Å². The summed E-state index contributed by atoms with van der Waals surface area (Å²) in [5.74, 6) is -1.18. The molecule has 19 heavy (non-hydrogen) atoms. The quantitative estimate of drug-likeness (QED) is 0.479. The molecule has 2 amide bonds. The van der Waals surface area contributed by atoms with Gasteiger partial charge in [0, 0.05) is 6.42 Å². The molecule has 1 saturated heterocycles. The van der Waals surface area contributed by atoms with Gasteiger partial charge in [-0.3, -0.25) is 14.4 Å². The fourth-order valence-electron chi connectivity index (χ4n) is 2.01. The lowest BCUT2D eigenvalue weighted by Gasteiger charge is -2.22. The van der Waals surface area contributed by atoms with Crippen molar-refractivity contribution in [3.63, 3.8) is 0 Å². The lowest BCUT2D eigenvalue weighted by atomic mass is 9.93. The summed E-state index contributed by atoms with van der Waals surface area (Å²) in [4.78, 5) is 32.9. The molecule has 108 valence electrons. The fraction of sp³-hybridized carbons (Fsp3) is 0.750. The maximum absolute atomic E-state index is 11.5. The van der Waals surface area contributed by atoms with Crippen molar-refractivity contribution in [1.82, 2.24) is 16.0 Å². The molecule has 4 N–H and O–H groups in total. The normalized spacial score (nSPS) is 15.8. The minimum atomic E-state index is -1.11. The van der Waals surface area contributed by atoms with Gasteiger partial charge in [-0.15, -0.1) is 0 Å². The van der Waals surface area contributed by atoms with Crippen LogP contribution < -0.4 is 16.0 Å². The predicted molar refractivity (Wildman–Crippen MR) is 68.5 cm³/mol. The maximum Gasteiger partial charge on any atom is 0.322 e. The smallest absolute Gasteiger partial charge is 0.322 e. The maximum atomic E-state index is 11.5. The minimum Gasteiger partial charge on any atom is -0.480 e. The van der Waals surface area contributed by atoms with Gasteiger partial charge in [0.05, 0.1) is 6.54 Å². The van der Waals surface area contributed by atoms with Gasteiger partial charge >= 0.3 is 5.97 Å². The van der Waals surface area contributed by atoms with Crippen molar-refractivity contribution in [2.45, 2.75) is 25.7 Å². The standard InChI is InChI=1S/C12H21N3O4/c16-10(2-1-9-3-5-13-6-4-9)14-7-11(17)15-8-12(18)19/h9,13H,1-8H2,(H,14,16)(H,15,17)(H,18,19). The van der Waals surface area contributed by atoms with E-state index in [-0.39, 0.29) is 12.5 Å². The second-order valence-corrected chi connectivity index (χ2v) is 4.68. The van der Waals surface area contributed by atoms with Gasteiger partial charge in [0.1, 0.15) is 6.54 Å². The molecule has 1 fully saturated rings. The van der Waals surface area contributed by atoms with E-state index in [1.807, 2.05) is 0 Å². The largest absolute Gasteiger partial charge is 0.480 e. The first-order chi connectivity index (χ1) is 9.08. The van der Waals surface area contributed by atoms with Crippen molar-refractivity contribution >= 4 is 17.8 Å². The number of carboxylic acid groups (broad SMARTS) is 1. The Balaban J connectivity index is 2.06. The van der Waals surface area contributed by atoms with E-state index in [9.17, 15) is 14.4 Å². The topological polar surface area (TPSA) is 108 Å². The van der Waals surface area contributed by atoms with Crippen LogP contribution in [0.2, 0.25) is 0 Å². The van der Waals surface area contributed by atoms with Crippen LogP contribution in [0.25, 0.3) is 0 Å². The molecule has 1 aliphatic rings. The van der Waals surface area contributed by atoms with Crippen LogP contribution in [-0.2, 0) is 14.4 Å². The summed E-state index contributed by atoms with van der Waals surface area (Å²) in [5, 5.41) is 16.3. The Morgan fingerprint density at radius 2 is 1.68 bits per heavy atom. The summed E-state index contributed by atoms with van der Waals surface area (Å²) in [7, 11) is 0. The third-order valence-electron chi connectivity index (χ3n) is 3.12. The van der Waals surface area contributed by atoms with Crippen LogP contribution in [0, 0.1) is 5.92 Å². The van der Waals surface area contributed by atoms with Crippen LogP contribution in [-0.4, -0.2) is 49.1 Å². The number of hydrogen-bond donors (Lipinski definition) is 4. The molecule has 0 aliphatic carbocycles. The summed E-state index contributed by atoms with van der Waals surface area (Å²) in [6.07, 6.45) is 3.43. The number of nitrogens with one attached hydrogen (secondary N) is 3. The highest BCUT2D eigenvalue weighted by Gasteiger charge is 2.14. The Morgan fingerprint density at radius 3 is 2.32 bits per heavy atom. The van der Waals surface area contributed by atoms with Crippen molar-refractivity contribution in [3.05, 3.63) is 0 Å². The molecule has 0 unspecified atom stereocenters. The number of carbonyl (C=O) groups excluding carboxylic acids is 2. The summed E-state index contributed by atoms with van der Waals surface area (Å²) in [6.45, 7) is 1.41. The molecule has 0 atom stereocenters. The highest BCUT2D eigenvalue weighted by atomic mass is 16.4. The van der Waals surface area contributed by atoms with Crippen molar-refractivity contribution in [1.29, 1.82) is 0 Å². The first kappa shape index (κ1) is 15.4. The molecule has 7 heteroatoms.